The van der Waals surface area contributed by atoms with Crippen LogP contribution in [0.25, 0.3) is 0 Å². The predicted octanol–water partition coefficient (Wildman–Crippen LogP) is 22.7. The van der Waals surface area contributed by atoms with Gasteiger partial charge in [0.15, 0.2) is 6.10 Å². The van der Waals surface area contributed by atoms with Crippen LogP contribution in [0.1, 0.15) is 329 Å². The molecule has 0 spiro atoms. The average molecular weight is 1070 g/mol. The number of allylic oxidation sites excluding steroid dienone is 14. The second kappa shape index (κ2) is 65.1. The van der Waals surface area contributed by atoms with Gasteiger partial charge in [0, 0.05) is 19.3 Å². The van der Waals surface area contributed by atoms with E-state index in [0.29, 0.717) is 19.3 Å². The van der Waals surface area contributed by atoms with Crippen molar-refractivity contribution < 1.29 is 28.6 Å². The number of hydrogen-bond acceptors (Lipinski definition) is 6. The summed E-state index contributed by atoms with van der Waals surface area (Å²) < 4.78 is 16.8. The second-order valence-electron chi connectivity index (χ2n) is 22.0. The summed E-state index contributed by atoms with van der Waals surface area (Å²) >= 11 is 0. The molecule has 444 valence electrons. The number of esters is 3. The molecule has 0 fully saturated rings. The lowest BCUT2D eigenvalue weighted by atomic mass is 10.0. The number of hydrogen-bond donors (Lipinski definition) is 0. The van der Waals surface area contributed by atoms with Gasteiger partial charge in [-0.15, -0.1) is 0 Å². The molecule has 0 saturated heterocycles. The second-order valence-corrected chi connectivity index (χ2v) is 22.0. The first-order chi connectivity index (χ1) is 38.0. The van der Waals surface area contributed by atoms with Gasteiger partial charge in [-0.3, -0.25) is 14.4 Å². The van der Waals surface area contributed by atoms with Gasteiger partial charge in [0.2, 0.25) is 0 Å². The zero-order chi connectivity index (χ0) is 55.7. The van der Waals surface area contributed by atoms with E-state index in [0.717, 1.165) is 109 Å². The minimum atomic E-state index is -0.776. The van der Waals surface area contributed by atoms with Crippen LogP contribution in [0.5, 0.6) is 0 Å². The van der Waals surface area contributed by atoms with Crippen LogP contribution in [0.3, 0.4) is 0 Å². The van der Waals surface area contributed by atoms with E-state index >= 15 is 0 Å². The Morgan fingerprint density at radius 2 is 0.506 bits per heavy atom. The van der Waals surface area contributed by atoms with E-state index < -0.39 is 6.10 Å². The third-order valence-electron chi connectivity index (χ3n) is 14.4. The lowest BCUT2D eigenvalue weighted by molar-refractivity contribution is -0.167. The highest BCUT2D eigenvalue weighted by atomic mass is 16.6. The van der Waals surface area contributed by atoms with Gasteiger partial charge in [-0.1, -0.05) is 298 Å². The van der Waals surface area contributed by atoms with Gasteiger partial charge in [0.1, 0.15) is 13.2 Å². The third kappa shape index (κ3) is 63.3. The number of carbonyl (C=O) groups is 3. The number of unbranched alkanes of at least 4 members (excludes halogenated alkanes) is 35. The Kier molecular flexibility index (Phi) is 62.2. The molecule has 0 aliphatic heterocycles. The SMILES string of the molecule is CC/C=C\C/C=C\C/C=C\C/C=C\CCCCCCCCCCCCCCCCCCCCC(=O)OCC(COC(=O)CCCCCCC)OC(=O)CCCCCCCCCC/C=C\C/C=C\C/C=C\CCCCCCC. The van der Waals surface area contributed by atoms with Gasteiger partial charge in [-0.25, -0.2) is 0 Å². The molecular formula is C71H124O6. The first-order valence-electron chi connectivity index (χ1n) is 33.1. The van der Waals surface area contributed by atoms with Crippen molar-refractivity contribution >= 4 is 17.9 Å². The van der Waals surface area contributed by atoms with E-state index in [1.807, 2.05) is 0 Å². The molecule has 0 heterocycles. The maximum absolute atomic E-state index is 12.8. The largest absolute Gasteiger partial charge is 0.462 e. The normalized spacial score (nSPS) is 12.6. The van der Waals surface area contributed by atoms with Gasteiger partial charge in [0.05, 0.1) is 0 Å². The smallest absolute Gasteiger partial charge is 0.306 e. The van der Waals surface area contributed by atoms with Crippen molar-refractivity contribution in [3.63, 3.8) is 0 Å². The van der Waals surface area contributed by atoms with E-state index in [1.165, 1.54) is 180 Å². The van der Waals surface area contributed by atoms with Crippen LogP contribution in [0.15, 0.2) is 85.1 Å². The highest BCUT2D eigenvalue weighted by Crippen LogP contribution is 2.17. The van der Waals surface area contributed by atoms with Crippen molar-refractivity contribution in [3.05, 3.63) is 85.1 Å². The fourth-order valence-electron chi connectivity index (χ4n) is 9.44. The Balaban J connectivity index is 3.99. The number of carbonyl (C=O) groups excluding carboxylic acids is 3. The molecule has 1 atom stereocenters. The molecule has 0 aromatic heterocycles. The molecule has 1 unspecified atom stereocenters. The zero-order valence-electron chi connectivity index (χ0n) is 51.0. The van der Waals surface area contributed by atoms with Crippen LogP contribution >= 0.6 is 0 Å². The minimum Gasteiger partial charge on any atom is -0.462 e. The van der Waals surface area contributed by atoms with Gasteiger partial charge in [0.25, 0.3) is 0 Å². The Labute approximate surface area is 477 Å². The van der Waals surface area contributed by atoms with Gasteiger partial charge < -0.3 is 14.2 Å². The molecule has 0 aromatic rings. The van der Waals surface area contributed by atoms with Gasteiger partial charge >= 0.3 is 17.9 Å². The molecule has 0 radical (unpaired) electrons. The standard InChI is InChI=1S/C71H124O6/c1-4-7-10-13-15-17-19-21-23-25-27-29-31-32-33-34-35-36-37-38-40-41-43-45-47-49-51-53-55-58-61-64-70(73)76-67-68(66-75-69(72)63-60-57-12-9-6-3)77-71(74)65-62-59-56-54-52-50-48-46-44-42-39-30-28-26-24-22-20-18-16-14-11-8-5-2/h7,10,15,17,20-23,26-29,39,42,68H,4-6,8-9,11-14,16,18-19,24-25,30-38,40-41,43-67H2,1-3H3/b10-7-,17-15-,22-20-,23-21-,28-26-,29-27-,42-39-. The molecule has 0 aromatic carbocycles. The van der Waals surface area contributed by atoms with Crippen LogP contribution in [-0.4, -0.2) is 37.2 Å². The topological polar surface area (TPSA) is 78.9 Å². The lowest BCUT2D eigenvalue weighted by Gasteiger charge is -2.18. The van der Waals surface area contributed by atoms with Crippen molar-refractivity contribution in [2.24, 2.45) is 0 Å². The van der Waals surface area contributed by atoms with E-state index in [-0.39, 0.29) is 31.1 Å². The Bertz CT molecular complexity index is 1470. The minimum absolute atomic E-state index is 0.0764. The maximum Gasteiger partial charge on any atom is 0.306 e. The molecule has 6 heteroatoms. The van der Waals surface area contributed by atoms with Crippen molar-refractivity contribution in [2.75, 3.05) is 13.2 Å². The summed E-state index contributed by atoms with van der Waals surface area (Å²) in [6, 6.07) is 0. The van der Waals surface area contributed by atoms with E-state index in [9.17, 15) is 14.4 Å². The van der Waals surface area contributed by atoms with Gasteiger partial charge in [-0.2, -0.15) is 0 Å². The summed E-state index contributed by atoms with van der Waals surface area (Å²) in [6.07, 6.45) is 86.5. The highest BCUT2D eigenvalue weighted by molar-refractivity contribution is 5.71. The monoisotopic (exact) mass is 1070 g/mol. The van der Waals surface area contributed by atoms with Crippen LogP contribution in [-0.2, 0) is 28.6 Å². The molecule has 0 aliphatic rings. The molecular weight excluding hydrogens is 949 g/mol. The number of rotatable bonds is 60. The summed E-state index contributed by atoms with van der Waals surface area (Å²) in [5.41, 5.74) is 0. The molecule has 77 heavy (non-hydrogen) atoms. The van der Waals surface area contributed by atoms with Crippen molar-refractivity contribution in [1.29, 1.82) is 0 Å². The fourth-order valence-corrected chi connectivity index (χ4v) is 9.44. The Morgan fingerprint density at radius 3 is 0.792 bits per heavy atom. The summed E-state index contributed by atoms with van der Waals surface area (Å²) in [6.45, 7) is 6.46. The maximum atomic E-state index is 12.8. The quantitative estimate of drug-likeness (QED) is 0.0261. The first kappa shape index (κ1) is 73.6. The van der Waals surface area contributed by atoms with E-state index in [1.54, 1.807) is 0 Å². The first-order valence-corrected chi connectivity index (χ1v) is 33.1. The van der Waals surface area contributed by atoms with Crippen molar-refractivity contribution in [3.8, 4) is 0 Å². The molecule has 6 nitrogen and oxygen atoms in total. The molecule has 0 N–H and O–H groups in total. The van der Waals surface area contributed by atoms with Gasteiger partial charge in [-0.05, 0) is 96.3 Å². The molecule has 0 saturated carbocycles. The summed E-state index contributed by atoms with van der Waals surface area (Å²) in [5, 5.41) is 0. The summed E-state index contributed by atoms with van der Waals surface area (Å²) in [7, 11) is 0. The molecule has 0 bridgehead atoms. The highest BCUT2D eigenvalue weighted by Gasteiger charge is 2.19. The Morgan fingerprint density at radius 1 is 0.273 bits per heavy atom. The van der Waals surface area contributed by atoms with Crippen molar-refractivity contribution in [2.45, 2.75) is 335 Å². The van der Waals surface area contributed by atoms with Crippen LogP contribution < -0.4 is 0 Å². The van der Waals surface area contributed by atoms with Crippen LogP contribution in [0.2, 0.25) is 0 Å². The Hall–Kier alpha value is -3.41. The fraction of sp³-hybridized carbons (Fsp3) is 0.761. The molecule has 0 amide bonds. The summed E-state index contributed by atoms with van der Waals surface area (Å²) in [4.78, 5) is 38.0. The predicted molar refractivity (Wildman–Crippen MR) is 334 cm³/mol. The zero-order valence-corrected chi connectivity index (χ0v) is 51.0. The van der Waals surface area contributed by atoms with Crippen LogP contribution in [0.4, 0.5) is 0 Å². The van der Waals surface area contributed by atoms with Crippen molar-refractivity contribution in [1.82, 2.24) is 0 Å². The average Bonchev–Trinajstić information content (AvgIpc) is 3.43. The molecule has 0 aliphatic carbocycles. The van der Waals surface area contributed by atoms with E-state index in [4.69, 9.17) is 14.2 Å². The lowest BCUT2D eigenvalue weighted by Crippen LogP contribution is -2.30. The third-order valence-corrected chi connectivity index (χ3v) is 14.4. The van der Waals surface area contributed by atoms with E-state index in [2.05, 4.69) is 106 Å². The van der Waals surface area contributed by atoms with Crippen LogP contribution in [0, 0.1) is 0 Å². The molecule has 0 rings (SSSR count). The summed E-state index contributed by atoms with van der Waals surface area (Å²) in [5.74, 6) is -0.885. The number of ether oxygens (including phenoxy) is 3.